The van der Waals surface area contributed by atoms with E-state index < -0.39 is 0 Å². The van der Waals surface area contributed by atoms with Crippen molar-refractivity contribution in [3.8, 4) is 45.3 Å². The molecular formula is C34H25N3. The van der Waals surface area contributed by atoms with Gasteiger partial charge in [0.05, 0.1) is 0 Å². The van der Waals surface area contributed by atoms with Crippen LogP contribution >= 0.6 is 0 Å². The minimum atomic E-state index is -0.0375. The van der Waals surface area contributed by atoms with Crippen molar-refractivity contribution < 1.29 is 0 Å². The van der Waals surface area contributed by atoms with Crippen LogP contribution in [0.4, 0.5) is 0 Å². The van der Waals surface area contributed by atoms with Gasteiger partial charge in [0, 0.05) is 22.1 Å². The fourth-order valence-electron chi connectivity index (χ4n) is 5.68. The second kappa shape index (κ2) is 8.21. The highest BCUT2D eigenvalue weighted by molar-refractivity contribution is 6.07. The average Bonchev–Trinajstić information content (AvgIpc) is 3.20. The first kappa shape index (κ1) is 21.6. The van der Waals surface area contributed by atoms with E-state index in [1.165, 1.54) is 27.6 Å². The molecule has 6 aromatic rings. The van der Waals surface area contributed by atoms with E-state index in [0.29, 0.717) is 17.5 Å². The van der Waals surface area contributed by atoms with Crippen molar-refractivity contribution in [2.75, 3.05) is 0 Å². The zero-order valence-electron chi connectivity index (χ0n) is 20.8. The van der Waals surface area contributed by atoms with Crippen LogP contribution in [0.25, 0.3) is 56.1 Å². The molecule has 3 nitrogen and oxygen atoms in total. The van der Waals surface area contributed by atoms with E-state index in [-0.39, 0.29) is 5.41 Å². The maximum atomic E-state index is 4.99. The topological polar surface area (TPSA) is 38.7 Å². The first-order valence-corrected chi connectivity index (χ1v) is 12.6. The van der Waals surface area contributed by atoms with Gasteiger partial charge in [0.25, 0.3) is 0 Å². The predicted octanol–water partition coefficient (Wildman–Crippen LogP) is 8.33. The largest absolute Gasteiger partial charge is 0.208 e. The third-order valence-corrected chi connectivity index (χ3v) is 7.54. The van der Waals surface area contributed by atoms with Crippen LogP contribution in [0.5, 0.6) is 0 Å². The molecule has 1 aliphatic rings. The highest BCUT2D eigenvalue weighted by atomic mass is 15.0. The predicted molar refractivity (Wildman–Crippen MR) is 151 cm³/mol. The smallest absolute Gasteiger partial charge is 0.164 e. The molecule has 7 rings (SSSR count). The summed E-state index contributed by atoms with van der Waals surface area (Å²) in [4.78, 5) is 14.9. The molecule has 5 aromatic carbocycles. The molecule has 0 N–H and O–H groups in total. The Morgan fingerprint density at radius 1 is 0.432 bits per heavy atom. The molecule has 0 fully saturated rings. The van der Waals surface area contributed by atoms with Crippen molar-refractivity contribution in [1.82, 2.24) is 15.0 Å². The van der Waals surface area contributed by atoms with Crippen molar-refractivity contribution in [2.24, 2.45) is 0 Å². The third kappa shape index (κ3) is 3.39. The van der Waals surface area contributed by atoms with Crippen LogP contribution in [0, 0.1) is 0 Å². The van der Waals surface area contributed by atoms with Crippen molar-refractivity contribution in [3.05, 3.63) is 126 Å². The lowest BCUT2D eigenvalue weighted by Crippen LogP contribution is -2.14. The summed E-state index contributed by atoms with van der Waals surface area (Å²) >= 11 is 0. The Bertz CT molecular complexity index is 1730. The number of hydrogen-bond donors (Lipinski definition) is 0. The second-order valence-corrected chi connectivity index (χ2v) is 10.1. The quantitative estimate of drug-likeness (QED) is 0.258. The highest BCUT2D eigenvalue weighted by Crippen LogP contribution is 2.51. The van der Waals surface area contributed by atoms with Gasteiger partial charge in [0.2, 0.25) is 0 Å². The van der Waals surface area contributed by atoms with Crippen molar-refractivity contribution in [3.63, 3.8) is 0 Å². The van der Waals surface area contributed by atoms with Crippen molar-refractivity contribution in [1.29, 1.82) is 0 Å². The molecule has 1 heterocycles. The minimum absolute atomic E-state index is 0.0375. The summed E-state index contributed by atoms with van der Waals surface area (Å²) in [6.07, 6.45) is 0. The van der Waals surface area contributed by atoms with E-state index in [1.807, 2.05) is 60.7 Å². The van der Waals surface area contributed by atoms with Crippen LogP contribution in [-0.4, -0.2) is 15.0 Å². The van der Waals surface area contributed by atoms with Crippen LogP contribution in [0.3, 0.4) is 0 Å². The van der Waals surface area contributed by atoms with E-state index in [9.17, 15) is 0 Å². The fourth-order valence-corrected chi connectivity index (χ4v) is 5.68. The molecule has 1 aliphatic carbocycles. The molecule has 0 saturated heterocycles. The number of fused-ring (bicyclic) bond motifs is 5. The highest BCUT2D eigenvalue weighted by Gasteiger charge is 2.36. The van der Waals surface area contributed by atoms with Gasteiger partial charge in [0.15, 0.2) is 17.5 Å². The van der Waals surface area contributed by atoms with E-state index in [4.69, 9.17) is 15.0 Å². The van der Waals surface area contributed by atoms with Gasteiger partial charge >= 0.3 is 0 Å². The Hall–Kier alpha value is -4.63. The molecule has 1 aromatic heterocycles. The maximum Gasteiger partial charge on any atom is 0.164 e. The molecule has 0 aliphatic heterocycles. The van der Waals surface area contributed by atoms with Gasteiger partial charge in [-0.2, -0.15) is 0 Å². The van der Waals surface area contributed by atoms with Crippen LogP contribution in [-0.2, 0) is 5.41 Å². The fraction of sp³-hybridized carbons (Fsp3) is 0.0882. The molecule has 0 saturated carbocycles. The molecule has 0 bridgehead atoms. The molecule has 0 unspecified atom stereocenters. The summed E-state index contributed by atoms with van der Waals surface area (Å²) in [7, 11) is 0. The van der Waals surface area contributed by atoms with Crippen LogP contribution < -0.4 is 0 Å². The lowest BCUT2D eigenvalue weighted by Gasteiger charge is -2.21. The molecular weight excluding hydrogens is 450 g/mol. The SMILES string of the molecule is CC1(C)c2ccccc2-c2c1ccc1c(-c3nc(-c4ccccc4)nc(-c4ccccc4)n3)cccc21. The lowest BCUT2D eigenvalue weighted by atomic mass is 9.82. The van der Waals surface area contributed by atoms with Gasteiger partial charge in [-0.25, -0.2) is 15.0 Å². The third-order valence-electron chi connectivity index (χ3n) is 7.54. The molecule has 37 heavy (non-hydrogen) atoms. The van der Waals surface area contributed by atoms with Crippen molar-refractivity contribution >= 4 is 10.8 Å². The first-order chi connectivity index (χ1) is 18.1. The molecule has 0 amide bonds. The Morgan fingerprint density at radius 3 is 1.68 bits per heavy atom. The Morgan fingerprint density at radius 2 is 1.00 bits per heavy atom. The standard InChI is InChI=1S/C34H25N3/c1-34(2)28-19-10-9-16-27(28)30-25-17-11-18-26(24(25)20-21-29(30)34)33-36-31(22-12-5-3-6-13-22)35-32(37-33)23-14-7-4-8-15-23/h3-21H,1-2H3. The number of benzene rings is 5. The zero-order chi connectivity index (χ0) is 25.0. The van der Waals surface area contributed by atoms with Gasteiger partial charge in [-0.1, -0.05) is 129 Å². The first-order valence-electron chi connectivity index (χ1n) is 12.6. The number of hydrogen-bond acceptors (Lipinski definition) is 3. The monoisotopic (exact) mass is 475 g/mol. The number of nitrogens with zero attached hydrogens (tertiary/aromatic N) is 3. The van der Waals surface area contributed by atoms with Gasteiger partial charge in [0.1, 0.15) is 0 Å². The van der Waals surface area contributed by atoms with Crippen LogP contribution in [0.15, 0.2) is 115 Å². The Kier molecular flexibility index (Phi) is 4.80. The Labute approximate surface area is 216 Å². The van der Waals surface area contributed by atoms with Gasteiger partial charge in [-0.05, 0) is 33.0 Å². The van der Waals surface area contributed by atoms with Gasteiger partial charge < -0.3 is 0 Å². The maximum absolute atomic E-state index is 4.99. The number of aromatic nitrogens is 3. The summed E-state index contributed by atoms with van der Waals surface area (Å²) < 4.78 is 0. The van der Waals surface area contributed by atoms with Gasteiger partial charge in [-0.15, -0.1) is 0 Å². The van der Waals surface area contributed by atoms with Crippen LogP contribution in [0.1, 0.15) is 25.0 Å². The molecule has 0 radical (unpaired) electrons. The van der Waals surface area contributed by atoms with E-state index in [2.05, 4.69) is 68.4 Å². The average molecular weight is 476 g/mol. The summed E-state index contributed by atoms with van der Waals surface area (Å²) in [6.45, 7) is 4.63. The molecule has 3 heteroatoms. The normalized spacial score (nSPS) is 13.4. The number of rotatable bonds is 3. The zero-order valence-corrected chi connectivity index (χ0v) is 20.8. The minimum Gasteiger partial charge on any atom is -0.208 e. The lowest BCUT2D eigenvalue weighted by molar-refractivity contribution is 0.661. The molecule has 0 spiro atoms. The van der Waals surface area contributed by atoms with E-state index >= 15 is 0 Å². The van der Waals surface area contributed by atoms with Gasteiger partial charge in [-0.3, -0.25) is 0 Å². The van der Waals surface area contributed by atoms with E-state index in [1.54, 1.807) is 0 Å². The summed E-state index contributed by atoms with van der Waals surface area (Å²) in [5, 5.41) is 2.38. The van der Waals surface area contributed by atoms with Crippen LogP contribution in [0.2, 0.25) is 0 Å². The summed E-state index contributed by atoms with van der Waals surface area (Å²) in [5.41, 5.74) is 8.30. The second-order valence-electron chi connectivity index (χ2n) is 10.1. The Balaban J connectivity index is 1.50. The molecule has 0 atom stereocenters. The van der Waals surface area contributed by atoms with Crippen molar-refractivity contribution in [2.45, 2.75) is 19.3 Å². The summed E-state index contributed by atoms with van der Waals surface area (Å²) in [6, 6.07) is 40.1. The van der Waals surface area contributed by atoms with E-state index in [0.717, 1.165) is 22.1 Å². The summed E-state index contributed by atoms with van der Waals surface area (Å²) in [5.74, 6) is 2.03. The molecule has 176 valence electrons.